The summed E-state index contributed by atoms with van der Waals surface area (Å²) in [5, 5.41) is 4.70. The van der Waals surface area contributed by atoms with Crippen LogP contribution >= 0.6 is 0 Å². The van der Waals surface area contributed by atoms with Gasteiger partial charge in [-0.25, -0.2) is 4.99 Å². The van der Waals surface area contributed by atoms with Gasteiger partial charge in [0.05, 0.1) is 17.7 Å². The highest BCUT2D eigenvalue weighted by Gasteiger charge is 2.19. The molecule has 1 atom stereocenters. The lowest BCUT2D eigenvalue weighted by Crippen LogP contribution is -2.37. The minimum atomic E-state index is -0.274. The first-order valence-corrected chi connectivity index (χ1v) is 8.97. The largest absolute Gasteiger partial charge is 0.356 e. The highest BCUT2D eigenvalue weighted by atomic mass is 16.2. The maximum Gasteiger partial charge on any atom is 0.253 e. The van der Waals surface area contributed by atoms with Crippen LogP contribution in [0.2, 0.25) is 0 Å². The third-order valence-corrected chi connectivity index (χ3v) is 4.88. The van der Waals surface area contributed by atoms with Gasteiger partial charge in [-0.15, -0.1) is 0 Å². The first-order chi connectivity index (χ1) is 12.4. The summed E-state index contributed by atoms with van der Waals surface area (Å²) in [7, 11) is 0. The summed E-state index contributed by atoms with van der Waals surface area (Å²) in [5.74, 6) is -0.425. The zero-order valence-electron chi connectivity index (χ0n) is 15.5. The molecule has 0 aromatic heterocycles. The van der Waals surface area contributed by atoms with Gasteiger partial charge >= 0.3 is 0 Å². The molecule has 134 valence electrons. The highest BCUT2D eigenvalue weighted by molar-refractivity contribution is 5.86. The van der Waals surface area contributed by atoms with Crippen LogP contribution in [0.1, 0.15) is 28.7 Å². The first-order valence-electron chi connectivity index (χ1n) is 8.97. The molecule has 2 aromatic carbocycles. The van der Waals surface area contributed by atoms with E-state index in [0.29, 0.717) is 19.4 Å². The predicted molar refractivity (Wildman–Crippen MR) is 102 cm³/mol. The fraction of sp³-hybridized carbons (Fsp3) is 0.318. The van der Waals surface area contributed by atoms with Crippen molar-refractivity contribution < 1.29 is 9.59 Å². The maximum atomic E-state index is 12.3. The molecule has 1 unspecified atom stereocenters. The van der Waals surface area contributed by atoms with Crippen LogP contribution in [0.15, 0.2) is 41.4 Å². The van der Waals surface area contributed by atoms with E-state index in [0.717, 1.165) is 32.8 Å². The molecule has 4 nitrogen and oxygen atoms in total. The fourth-order valence-electron chi connectivity index (χ4n) is 3.23. The smallest absolute Gasteiger partial charge is 0.253 e. The van der Waals surface area contributed by atoms with E-state index in [1.54, 1.807) is 0 Å². The summed E-state index contributed by atoms with van der Waals surface area (Å²) in [6.45, 7) is 6.49. The number of carbonyl (C=O) groups excluding carboxylic acids is 2. The number of fused-ring (bicyclic) bond motifs is 1. The summed E-state index contributed by atoms with van der Waals surface area (Å²) in [6.07, 6.45) is 2.90. The van der Waals surface area contributed by atoms with E-state index in [4.69, 9.17) is 0 Å². The SMILES string of the molecule is Cc1cccc(CC(=O)NCCC2C=c3ccc(C)c(C)c3=NC2=O)c1. The topological polar surface area (TPSA) is 58.5 Å². The van der Waals surface area contributed by atoms with Gasteiger partial charge < -0.3 is 5.32 Å². The van der Waals surface area contributed by atoms with E-state index in [2.05, 4.69) is 16.4 Å². The lowest BCUT2D eigenvalue weighted by Gasteiger charge is -2.14. The average Bonchev–Trinajstić information content (AvgIpc) is 2.59. The molecule has 1 aliphatic rings. The molecular formula is C22H24N2O2. The fourth-order valence-corrected chi connectivity index (χ4v) is 3.23. The Morgan fingerprint density at radius 1 is 1.15 bits per heavy atom. The molecule has 0 fully saturated rings. The number of nitrogens with zero attached hydrogens (tertiary/aromatic N) is 1. The number of amides is 2. The van der Waals surface area contributed by atoms with Crippen molar-refractivity contribution in [2.45, 2.75) is 33.6 Å². The second-order valence-corrected chi connectivity index (χ2v) is 6.97. The normalized spacial score (nSPS) is 15.7. The Morgan fingerprint density at radius 3 is 2.73 bits per heavy atom. The molecule has 26 heavy (non-hydrogen) atoms. The molecule has 2 aromatic rings. The van der Waals surface area contributed by atoms with Gasteiger partial charge in [-0.3, -0.25) is 9.59 Å². The number of hydrogen-bond acceptors (Lipinski definition) is 2. The minimum absolute atomic E-state index is 0.0253. The standard InChI is InChI=1S/C22H24N2O2/c1-14-5-4-6-17(11-14)12-20(25)23-10-9-19-13-18-8-7-15(2)16(3)21(18)24-22(19)26/h4-8,11,13,19H,9-10,12H2,1-3H3,(H,23,25). The number of aryl methyl sites for hydroxylation is 2. The van der Waals surface area contributed by atoms with Crippen molar-refractivity contribution in [2.24, 2.45) is 10.9 Å². The van der Waals surface area contributed by atoms with Gasteiger partial charge in [0.1, 0.15) is 0 Å². The van der Waals surface area contributed by atoms with Gasteiger partial charge in [0, 0.05) is 6.54 Å². The molecular weight excluding hydrogens is 324 g/mol. The van der Waals surface area contributed by atoms with E-state index < -0.39 is 0 Å². The van der Waals surface area contributed by atoms with Crippen LogP contribution in [0.5, 0.6) is 0 Å². The lowest BCUT2D eigenvalue weighted by atomic mass is 9.98. The quantitative estimate of drug-likeness (QED) is 0.897. The number of nitrogens with one attached hydrogen (secondary N) is 1. The maximum absolute atomic E-state index is 12.3. The second kappa shape index (κ2) is 7.65. The van der Waals surface area contributed by atoms with Gasteiger partial charge in [-0.05, 0) is 49.1 Å². The predicted octanol–water partition coefficient (Wildman–Crippen LogP) is 1.92. The number of rotatable bonds is 5. The number of hydrogen-bond donors (Lipinski definition) is 1. The average molecular weight is 348 g/mol. The molecule has 0 spiro atoms. The van der Waals surface area contributed by atoms with Crippen molar-refractivity contribution in [2.75, 3.05) is 6.54 Å². The minimum Gasteiger partial charge on any atom is -0.356 e. The molecule has 4 heteroatoms. The third-order valence-electron chi connectivity index (χ3n) is 4.88. The van der Waals surface area contributed by atoms with Crippen LogP contribution in [0.25, 0.3) is 6.08 Å². The van der Waals surface area contributed by atoms with E-state index >= 15 is 0 Å². The molecule has 3 rings (SSSR count). The van der Waals surface area contributed by atoms with Crippen molar-refractivity contribution in [3.05, 3.63) is 69.2 Å². The van der Waals surface area contributed by atoms with E-state index in [1.807, 2.05) is 57.2 Å². The van der Waals surface area contributed by atoms with Crippen molar-refractivity contribution in [3.8, 4) is 0 Å². The van der Waals surface area contributed by atoms with E-state index in [9.17, 15) is 9.59 Å². The van der Waals surface area contributed by atoms with Gasteiger partial charge in [-0.2, -0.15) is 0 Å². The molecule has 0 aliphatic carbocycles. The Hall–Kier alpha value is -2.75. The molecule has 1 N–H and O–H groups in total. The van der Waals surface area contributed by atoms with Crippen LogP contribution in [0, 0.1) is 26.7 Å². The van der Waals surface area contributed by atoms with Crippen LogP contribution in [-0.2, 0) is 16.0 Å². The number of carbonyl (C=O) groups is 2. The van der Waals surface area contributed by atoms with E-state index in [1.165, 1.54) is 0 Å². The van der Waals surface area contributed by atoms with Crippen LogP contribution in [-0.4, -0.2) is 18.4 Å². The van der Waals surface area contributed by atoms with Gasteiger partial charge in [0.2, 0.25) is 5.91 Å². The summed E-state index contributed by atoms with van der Waals surface area (Å²) < 4.78 is 0. The van der Waals surface area contributed by atoms with E-state index in [-0.39, 0.29) is 17.7 Å². The molecule has 1 aliphatic heterocycles. The Morgan fingerprint density at radius 2 is 1.96 bits per heavy atom. The third kappa shape index (κ3) is 4.07. The Kier molecular flexibility index (Phi) is 5.31. The zero-order chi connectivity index (χ0) is 18.7. The van der Waals surface area contributed by atoms with Gasteiger partial charge in [0.15, 0.2) is 0 Å². The van der Waals surface area contributed by atoms with Crippen molar-refractivity contribution >= 4 is 17.9 Å². The van der Waals surface area contributed by atoms with Crippen molar-refractivity contribution in [3.63, 3.8) is 0 Å². The first kappa shape index (κ1) is 18.1. The highest BCUT2D eigenvalue weighted by Crippen LogP contribution is 2.10. The summed E-state index contributed by atoms with van der Waals surface area (Å²) in [6, 6.07) is 12.0. The Labute approximate surface area is 153 Å². The molecule has 0 saturated carbocycles. The van der Waals surface area contributed by atoms with Crippen LogP contribution in [0.4, 0.5) is 0 Å². The second-order valence-electron chi connectivity index (χ2n) is 6.97. The summed E-state index contributed by atoms with van der Waals surface area (Å²) in [4.78, 5) is 28.7. The molecule has 0 bridgehead atoms. The summed E-state index contributed by atoms with van der Waals surface area (Å²) in [5.41, 5.74) is 4.33. The Bertz CT molecular complexity index is 976. The molecule has 0 saturated heterocycles. The zero-order valence-corrected chi connectivity index (χ0v) is 15.5. The van der Waals surface area contributed by atoms with Crippen molar-refractivity contribution in [1.29, 1.82) is 0 Å². The van der Waals surface area contributed by atoms with Gasteiger partial charge in [0.25, 0.3) is 5.91 Å². The van der Waals surface area contributed by atoms with Crippen LogP contribution in [0.3, 0.4) is 0 Å². The molecule has 2 amide bonds. The molecule has 1 heterocycles. The van der Waals surface area contributed by atoms with Crippen molar-refractivity contribution in [1.82, 2.24) is 5.32 Å². The number of benzene rings is 2. The lowest BCUT2D eigenvalue weighted by molar-refractivity contribution is -0.122. The monoisotopic (exact) mass is 348 g/mol. The van der Waals surface area contributed by atoms with Crippen LogP contribution < -0.4 is 15.9 Å². The molecule has 0 radical (unpaired) electrons. The summed E-state index contributed by atoms with van der Waals surface area (Å²) >= 11 is 0. The Balaban J connectivity index is 1.60. The van der Waals surface area contributed by atoms with Gasteiger partial charge in [-0.1, -0.05) is 48.0 Å².